The van der Waals surface area contributed by atoms with Crippen molar-refractivity contribution in [3.8, 4) is 5.69 Å². The first-order valence-electron chi connectivity index (χ1n) is 7.11. The first-order valence-corrected chi connectivity index (χ1v) is 7.11. The van der Waals surface area contributed by atoms with Crippen molar-refractivity contribution in [1.29, 1.82) is 0 Å². The van der Waals surface area contributed by atoms with E-state index in [0.29, 0.717) is 6.54 Å². The summed E-state index contributed by atoms with van der Waals surface area (Å²) in [6.07, 6.45) is 1.56. The summed E-state index contributed by atoms with van der Waals surface area (Å²) in [6, 6.07) is 6.13. The Morgan fingerprint density at radius 3 is 2.64 bits per heavy atom. The van der Waals surface area contributed by atoms with E-state index in [1.54, 1.807) is 15.7 Å². The van der Waals surface area contributed by atoms with E-state index in [0.717, 1.165) is 33.8 Å². The van der Waals surface area contributed by atoms with Crippen molar-refractivity contribution >= 4 is 0 Å². The topological polar surface area (TPSA) is 65.8 Å². The molecular formula is C16H18N4O2. The second-order valence-corrected chi connectivity index (χ2v) is 5.52. The van der Waals surface area contributed by atoms with Crippen LogP contribution in [0.1, 0.15) is 28.1 Å². The van der Waals surface area contributed by atoms with Gasteiger partial charge in [0.1, 0.15) is 12.1 Å². The Labute approximate surface area is 128 Å². The molecule has 0 unspecified atom stereocenters. The van der Waals surface area contributed by atoms with E-state index in [1.165, 1.54) is 0 Å². The van der Waals surface area contributed by atoms with E-state index in [1.807, 2.05) is 45.9 Å². The van der Waals surface area contributed by atoms with Gasteiger partial charge in [-0.05, 0) is 44.9 Å². The fourth-order valence-corrected chi connectivity index (χ4v) is 2.50. The number of aryl methyl sites for hydroxylation is 4. The molecule has 6 heteroatoms. The van der Waals surface area contributed by atoms with Crippen molar-refractivity contribution in [3.05, 3.63) is 63.2 Å². The summed E-state index contributed by atoms with van der Waals surface area (Å²) in [7, 11) is 0. The fraction of sp³-hybridized carbons (Fsp3) is 0.312. The summed E-state index contributed by atoms with van der Waals surface area (Å²) < 4.78 is 8.56. The van der Waals surface area contributed by atoms with E-state index in [-0.39, 0.29) is 5.69 Å². The van der Waals surface area contributed by atoms with Crippen LogP contribution in [0.4, 0.5) is 0 Å². The van der Waals surface area contributed by atoms with Gasteiger partial charge in [-0.1, -0.05) is 17.3 Å². The van der Waals surface area contributed by atoms with Gasteiger partial charge in [0.15, 0.2) is 0 Å². The predicted octanol–water partition coefficient (Wildman–Crippen LogP) is 2.30. The Morgan fingerprint density at radius 1 is 1.18 bits per heavy atom. The fourth-order valence-electron chi connectivity index (χ4n) is 2.50. The highest BCUT2D eigenvalue weighted by molar-refractivity contribution is 5.42. The minimum atomic E-state index is -0.291. The molecule has 6 nitrogen and oxygen atoms in total. The van der Waals surface area contributed by atoms with Gasteiger partial charge in [-0.25, -0.2) is 14.2 Å². The molecule has 1 aromatic carbocycles. The SMILES string of the molecule is Cc1ccc(C)c(-n2cnc(=O)n2Cc2c(C)noc2C)c1. The van der Waals surface area contributed by atoms with E-state index < -0.39 is 0 Å². The van der Waals surface area contributed by atoms with Crippen LogP contribution in [0.25, 0.3) is 5.69 Å². The van der Waals surface area contributed by atoms with Crippen LogP contribution in [-0.2, 0) is 6.54 Å². The van der Waals surface area contributed by atoms with Crippen LogP contribution >= 0.6 is 0 Å². The highest BCUT2D eigenvalue weighted by Gasteiger charge is 2.15. The second kappa shape index (κ2) is 5.29. The largest absolute Gasteiger partial charge is 0.364 e. The molecule has 0 amide bonds. The predicted molar refractivity (Wildman–Crippen MR) is 82.4 cm³/mol. The first-order chi connectivity index (χ1) is 10.5. The first kappa shape index (κ1) is 14.3. The highest BCUT2D eigenvalue weighted by atomic mass is 16.5. The van der Waals surface area contributed by atoms with Crippen molar-refractivity contribution in [3.63, 3.8) is 0 Å². The molecule has 2 heterocycles. The van der Waals surface area contributed by atoms with Gasteiger partial charge in [0.25, 0.3) is 0 Å². The van der Waals surface area contributed by atoms with Crippen LogP contribution in [0.2, 0.25) is 0 Å². The molecule has 0 saturated heterocycles. The molecule has 0 aliphatic heterocycles. The Hall–Kier alpha value is -2.63. The number of benzene rings is 1. The lowest BCUT2D eigenvalue weighted by molar-refractivity contribution is 0.391. The molecular weight excluding hydrogens is 280 g/mol. The number of hydrogen-bond acceptors (Lipinski definition) is 4. The molecule has 0 spiro atoms. The molecule has 0 bridgehead atoms. The average molecular weight is 298 g/mol. The van der Waals surface area contributed by atoms with Crippen molar-refractivity contribution < 1.29 is 4.52 Å². The van der Waals surface area contributed by atoms with Crippen LogP contribution in [0, 0.1) is 27.7 Å². The monoisotopic (exact) mass is 298 g/mol. The summed E-state index contributed by atoms with van der Waals surface area (Å²) in [5.74, 6) is 0.720. The third-order valence-electron chi connectivity index (χ3n) is 3.86. The van der Waals surface area contributed by atoms with Crippen molar-refractivity contribution in [2.24, 2.45) is 0 Å². The van der Waals surface area contributed by atoms with Crippen LogP contribution in [-0.4, -0.2) is 19.5 Å². The van der Waals surface area contributed by atoms with E-state index >= 15 is 0 Å². The Bertz CT molecular complexity index is 866. The van der Waals surface area contributed by atoms with Gasteiger partial charge < -0.3 is 4.52 Å². The van der Waals surface area contributed by atoms with Gasteiger partial charge in [-0.15, -0.1) is 0 Å². The van der Waals surface area contributed by atoms with Crippen LogP contribution < -0.4 is 5.69 Å². The van der Waals surface area contributed by atoms with E-state index in [9.17, 15) is 4.79 Å². The minimum absolute atomic E-state index is 0.291. The van der Waals surface area contributed by atoms with Gasteiger partial charge >= 0.3 is 5.69 Å². The Balaban J connectivity index is 2.12. The molecule has 22 heavy (non-hydrogen) atoms. The molecule has 0 N–H and O–H groups in total. The maximum Gasteiger partial charge on any atom is 0.364 e. The maximum atomic E-state index is 12.1. The lowest BCUT2D eigenvalue weighted by Gasteiger charge is -2.13. The summed E-state index contributed by atoms with van der Waals surface area (Å²) in [4.78, 5) is 16.1. The second-order valence-electron chi connectivity index (χ2n) is 5.52. The van der Waals surface area contributed by atoms with Crippen LogP contribution in [0.15, 0.2) is 33.8 Å². The molecule has 3 rings (SSSR count). The zero-order chi connectivity index (χ0) is 15.9. The zero-order valence-electron chi connectivity index (χ0n) is 13.1. The van der Waals surface area contributed by atoms with Gasteiger partial charge in [0.2, 0.25) is 0 Å². The Kier molecular flexibility index (Phi) is 3.44. The van der Waals surface area contributed by atoms with Gasteiger partial charge in [0.05, 0.1) is 17.9 Å². The minimum Gasteiger partial charge on any atom is -0.361 e. The summed E-state index contributed by atoms with van der Waals surface area (Å²) >= 11 is 0. The molecule has 0 radical (unpaired) electrons. The standard InChI is InChI=1S/C16H18N4O2/c1-10-5-6-11(2)15(7-10)20-9-17-16(21)19(20)8-14-12(3)18-22-13(14)4/h5-7,9H,8H2,1-4H3. The smallest absolute Gasteiger partial charge is 0.361 e. The third-order valence-corrected chi connectivity index (χ3v) is 3.86. The third kappa shape index (κ3) is 2.36. The van der Waals surface area contributed by atoms with Crippen LogP contribution in [0.5, 0.6) is 0 Å². The van der Waals surface area contributed by atoms with E-state index in [4.69, 9.17) is 4.52 Å². The van der Waals surface area contributed by atoms with Gasteiger partial charge in [-0.3, -0.25) is 0 Å². The summed E-state index contributed by atoms with van der Waals surface area (Å²) in [6.45, 7) is 8.14. The van der Waals surface area contributed by atoms with E-state index in [2.05, 4.69) is 10.1 Å². The molecule has 3 aromatic rings. The zero-order valence-corrected chi connectivity index (χ0v) is 13.1. The highest BCUT2D eigenvalue weighted by Crippen LogP contribution is 2.17. The van der Waals surface area contributed by atoms with Gasteiger partial charge in [-0.2, -0.15) is 4.98 Å². The number of nitrogens with zero attached hydrogens (tertiary/aromatic N) is 4. The molecule has 2 aromatic heterocycles. The quantitative estimate of drug-likeness (QED) is 0.744. The molecule has 0 aliphatic rings. The van der Waals surface area contributed by atoms with Crippen molar-refractivity contribution in [2.75, 3.05) is 0 Å². The van der Waals surface area contributed by atoms with Crippen LogP contribution in [0.3, 0.4) is 0 Å². The molecule has 114 valence electrons. The Morgan fingerprint density at radius 2 is 1.95 bits per heavy atom. The maximum absolute atomic E-state index is 12.1. The van der Waals surface area contributed by atoms with Gasteiger partial charge in [0, 0.05) is 5.56 Å². The summed E-state index contributed by atoms with van der Waals surface area (Å²) in [5.41, 5.74) is 4.57. The molecule has 0 atom stereocenters. The van der Waals surface area contributed by atoms with Crippen molar-refractivity contribution in [1.82, 2.24) is 19.5 Å². The average Bonchev–Trinajstić information content (AvgIpc) is 3.00. The molecule has 0 aliphatic carbocycles. The summed E-state index contributed by atoms with van der Waals surface area (Å²) in [5, 5.41) is 3.94. The number of aromatic nitrogens is 4. The number of hydrogen-bond donors (Lipinski definition) is 0. The number of rotatable bonds is 3. The molecule has 0 fully saturated rings. The lowest BCUT2D eigenvalue weighted by atomic mass is 10.1. The molecule has 0 saturated carbocycles. The van der Waals surface area contributed by atoms with Crippen molar-refractivity contribution in [2.45, 2.75) is 34.2 Å². The normalized spacial score (nSPS) is 11.1. The lowest BCUT2D eigenvalue weighted by Crippen LogP contribution is -2.24.